The predicted octanol–water partition coefficient (Wildman–Crippen LogP) is 3.48. The molecule has 0 aromatic heterocycles. The normalized spacial score (nSPS) is 31.7. The molecule has 28 heavy (non-hydrogen) atoms. The zero-order chi connectivity index (χ0) is 20.1. The summed E-state index contributed by atoms with van der Waals surface area (Å²) in [6.45, 7) is 4.42. The minimum Gasteiger partial charge on any atom is -0.490 e. The summed E-state index contributed by atoms with van der Waals surface area (Å²) in [7, 11) is -4.11. The van der Waals surface area contributed by atoms with Gasteiger partial charge in [0.05, 0.1) is 6.61 Å². The number of carbonyl (C=O) groups is 1. The van der Waals surface area contributed by atoms with E-state index in [0.29, 0.717) is 35.9 Å². The average Bonchev–Trinajstić information content (AvgIpc) is 2.98. The van der Waals surface area contributed by atoms with Crippen molar-refractivity contribution in [2.45, 2.75) is 64.7 Å². The number of Topliss-reactive ketones (excluding diaryl/α,β-unsaturated/α-hetero) is 1. The minimum absolute atomic E-state index is 0.113. The third-order valence-corrected chi connectivity index (χ3v) is 7.78. The first-order valence-corrected chi connectivity index (χ1v) is 11.8. The Bertz CT molecular complexity index is 896. The lowest BCUT2D eigenvalue weighted by molar-refractivity contribution is -0.131. The largest absolute Gasteiger partial charge is 0.490 e. The molecule has 0 amide bonds. The summed E-state index contributed by atoms with van der Waals surface area (Å²) in [6.07, 6.45) is 6.50. The summed E-state index contributed by atoms with van der Waals surface area (Å²) in [5.41, 5.74) is 2.22. The van der Waals surface area contributed by atoms with Crippen LogP contribution in [0.3, 0.4) is 0 Å². The van der Waals surface area contributed by atoms with E-state index in [2.05, 4.69) is 6.92 Å². The van der Waals surface area contributed by atoms with Gasteiger partial charge in [0.1, 0.15) is 5.78 Å². The van der Waals surface area contributed by atoms with E-state index in [4.69, 9.17) is 14.1 Å². The molecule has 2 fully saturated rings. The van der Waals surface area contributed by atoms with Crippen molar-refractivity contribution < 1.29 is 22.1 Å². The number of aryl methyl sites for hydroxylation is 1. The zero-order valence-corrected chi connectivity index (χ0v) is 17.4. The molecule has 2 N–H and O–H groups in total. The first-order valence-electron chi connectivity index (χ1n) is 10.3. The van der Waals surface area contributed by atoms with Crippen molar-refractivity contribution >= 4 is 16.1 Å². The van der Waals surface area contributed by atoms with Gasteiger partial charge in [0.25, 0.3) is 0 Å². The Labute approximate surface area is 167 Å². The van der Waals surface area contributed by atoms with E-state index in [9.17, 15) is 13.2 Å². The quantitative estimate of drug-likeness (QED) is 0.806. The summed E-state index contributed by atoms with van der Waals surface area (Å²) < 4.78 is 33.5. The highest BCUT2D eigenvalue weighted by Crippen LogP contribution is 2.61. The van der Waals surface area contributed by atoms with Crippen molar-refractivity contribution in [3.63, 3.8) is 0 Å². The molecule has 6 nitrogen and oxygen atoms in total. The summed E-state index contributed by atoms with van der Waals surface area (Å²) in [6, 6.07) is 3.73. The minimum atomic E-state index is -4.11. The maximum atomic E-state index is 12.7. The first kappa shape index (κ1) is 19.7. The zero-order valence-electron chi connectivity index (χ0n) is 16.6. The molecule has 3 aliphatic rings. The monoisotopic (exact) mass is 407 g/mol. The topological polar surface area (TPSA) is 95.7 Å². The van der Waals surface area contributed by atoms with Crippen LogP contribution in [0.25, 0.3) is 0 Å². The standard InChI is InChI=1S/C21H29NO5S/c1-3-21-10-9-14-15(17(21)7-8-20(21)23)6-5-13-11-19(27-28(22,24)25)18(26-4-2)12-16(13)14/h11-12,14-15,17H,3-10H2,1-2H3,(H2,22,24,25)/t14-,15+,17-,21-/m0/s1. The van der Waals surface area contributed by atoms with E-state index in [1.807, 2.05) is 13.0 Å². The molecule has 0 spiro atoms. The van der Waals surface area contributed by atoms with Crippen molar-refractivity contribution in [2.24, 2.45) is 22.4 Å². The molecule has 4 rings (SSSR count). The van der Waals surface area contributed by atoms with Crippen LogP contribution in [0.4, 0.5) is 0 Å². The Morgan fingerprint density at radius 3 is 2.61 bits per heavy atom. The fraction of sp³-hybridized carbons (Fsp3) is 0.667. The molecule has 0 heterocycles. The van der Waals surface area contributed by atoms with Crippen LogP contribution < -0.4 is 14.1 Å². The van der Waals surface area contributed by atoms with E-state index in [1.165, 1.54) is 5.56 Å². The Morgan fingerprint density at radius 2 is 1.93 bits per heavy atom. The lowest BCUT2D eigenvalue weighted by Gasteiger charge is -2.49. The molecule has 154 valence electrons. The number of nitrogens with two attached hydrogens (primary N) is 1. The predicted molar refractivity (Wildman–Crippen MR) is 106 cm³/mol. The van der Waals surface area contributed by atoms with Crippen molar-refractivity contribution in [3.8, 4) is 11.5 Å². The number of rotatable bonds is 5. The van der Waals surface area contributed by atoms with Gasteiger partial charge >= 0.3 is 10.3 Å². The summed E-state index contributed by atoms with van der Waals surface area (Å²) >= 11 is 0. The van der Waals surface area contributed by atoms with E-state index in [1.54, 1.807) is 6.07 Å². The van der Waals surface area contributed by atoms with Gasteiger partial charge in [-0.3, -0.25) is 4.79 Å². The number of ether oxygens (including phenoxy) is 1. The molecule has 1 aromatic carbocycles. The molecule has 7 heteroatoms. The Balaban J connectivity index is 1.72. The highest BCUT2D eigenvalue weighted by molar-refractivity contribution is 7.84. The first-order chi connectivity index (χ1) is 13.3. The fourth-order valence-corrected chi connectivity index (χ4v) is 6.64. The van der Waals surface area contributed by atoms with Crippen molar-refractivity contribution in [1.29, 1.82) is 0 Å². The number of hydrogen-bond acceptors (Lipinski definition) is 5. The lowest BCUT2D eigenvalue weighted by atomic mass is 9.54. The van der Waals surface area contributed by atoms with Gasteiger partial charge in [-0.1, -0.05) is 6.92 Å². The smallest absolute Gasteiger partial charge is 0.380 e. The van der Waals surface area contributed by atoms with Gasteiger partial charge in [-0.05, 0) is 86.5 Å². The van der Waals surface area contributed by atoms with Crippen LogP contribution in [0.1, 0.15) is 69.4 Å². The second-order valence-electron chi connectivity index (χ2n) is 8.43. The number of hydrogen-bond donors (Lipinski definition) is 1. The molecular formula is C21H29NO5S. The van der Waals surface area contributed by atoms with Crippen LogP contribution >= 0.6 is 0 Å². The number of benzene rings is 1. The maximum absolute atomic E-state index is 12.7. The molecule has 0 saturated heterocycles. The number of carbonyl (C=O) groups excluding carboxylic acids is 1. The van der Waals surface area contributed by atoms with E-state index < -0.39 is 10.3 Å². The van der Waals surface area contributed by atoms with Crippen LogP contribution in [-0.2, 0) is 21.5 Å². The second-order valence-corrected chi connectivity index (χ2v) is 9.58. The van der Waals surface area contributed by atoms with Gasteiger partial charge in [0.2, 0.25) is 0 Å². The molecular weight excluding hydrogens is 378 g/mol. The average molecular weight is 408 g/mol. The van der Waals surface area contributed by atoms with E-state index in [-0.39, 0.29) is 11.2 Å². The third-order valence-electron chi connectivity index (χ3n) is 7.37. The van der Waals surface area contributed by atoms with Crippen LogP contribution in [-0.4, -0.2) is 20.8 Å². The van der Waals surface area contributed by atoms with Crippen LogP contribution in [0, 0.1) is 17.3 Å². The summed E-state index contributed by atoms with van der Waals surface area (Å²) in [5, 5.41) is 5.08. The van der Waals surface area contributed by atoms with Crippen LogP contribution in [0.2, 0.25) is 0 Å². The Hall–Kier alpha value is -1.60. The molecule has 0 unspecified atom stereocenters. The third kappa shape index (κ3) is 3.12. The maximum Gasteiger partial charge on any atom is 0.380 e. The van der Waals surface area contributed by atoms with Gasteiger partial charge in [-0.25, -0.2) is 0 Å². The van der Waals surface area contributed by atoms with Crippen molar-refractivity contribution in [1.82, 2.24) is 0 Å². The second kappa shape index (κ2) is 7.02. The van der Waals surface area contributed by atoms with Gasteiger partial charge in [-0.15, -0.1) is 0 Å². The van der Waals surface area contributed by atoms with Crippen LogP contribution in [0.15, 0.2) is 12.1 Å². The van der Waals surface area contributed by atoms with Gasteiger partial charge in [-0.2, -0.15) is 13.6 Å². The molecule has 0 bridgehead atoms. The Kier molecular flexibility index (Phi) is 4.94. The highest BCUT2D eigenvalue weighted by Gasteiger charge is 2.56. The fourth-order valence-electron chi connectivity index (χ4n) is 6.26. The van der Waals surface area contributed by atoms with Gasteiger partial charge in [0.15, 0.2) is 11.5 Å². The number of ketones is 1. The van der Waals surface area contributed by atoms with Gasteiger partial charge < -0.3 is 8.92 Å². The van der Waals surface area contributed by atoms with Crippen LogP contribution in [0.5, 0.6) is 11.5 Å². The molecule has 4 atom stereocenters. The molecule has 0 aliphatic heterocycles. The number of fused-ring (bicyclic) bond motifs is 5. The van der Waals surface area contributed by atoms with E-state index >= 15 is 0 Å². The molecule has 3 aliphatic carbocycles. The van der Waals surface area contributed by atoms with Crippen molar-refractivity contribution in [2.75, 3.05) is 6.61 Å². The lowest BCUT2D eigenvalue weighted by Crippen LogP contribution is -2.44. The molecule has 0 radical (unpaired) electrons. The van der Waals surface area contributed by atoms with E-state index in [0.717, 1.165) is 50.5 Å². The molecule has 1 aromatic rings. The highest BCUT2D eigenvalue weighted by atomic mass is 32.2. The van der Waals surface area contributed by atoms with Crippen molar-refractivity contribution in [3.05, 3.63) is 23.3 Å². The van der Waals surface area contributed by atoms with Gasteiger partial charge in [0, 0.05) is 11.8 Å². The molecule has 2 saturated carbocycles. The SMILES string of the molecule is CCOc1cc2c(cc1OS(N)(=O)=O)CC[C@@H]1[C@@H]2CC[C@]2(CC)C(=O)CC[C@@H]12. The Morgan fingerprint density at radius 1 is 1.14 bits per heavy atom. The summed E-state index contributed by atoms with van der Waals surface area (Å²) in [4.78, 5) is 12.7. The summed E-state index contributed by atoms with van der Waals surface area (Å²) in [5.74, 6) is 2.42.